The van der Waals surface area contributed by atoms with Gasteiger partial charge in [0.2, 0.25) is 0 Å². The fourth-order valence-electron chi connectivity index (χ4n) is 2.53. The molecule has 1 amide bonds. The molecule has 1 saturated heterocycles. The number of carbonyl (C=O) groups is 1. The molecule has 4 heteroatoms. The lowest BCUT2D eigenvalue weighted by molar-refractivity contribution is 0.0571. The Morgan fingerprint density at radius 3 is 2.85 bits per heavy atom. The van der Waals surface area contributed by atoms with Crippen molar-refractivity contribution in [2.24, 2.45) is 17.6 Å². The zero-order chi connectivity index (χ0) is 9.26. The van der Waals surface area contributed by atoms with Crippen LogP contribution >= 0.6 is 0 Å². The number of fused-ring (bicyclic) bond motifs is 1. The summed E-state index contributed by atoms with van der Waals surface area (Å²) in [5, 5.41) is 3.37. The highest BCUT2D eigenvalue weighted by Crippen LogP contribution is 2.33. The zero-order valence-corrected chi connectivity index (χ0v) is 7.66. The van der Waals surface area contributed by atoms with E-state index in [9.17, 15) is 4.79 Å². The van der Waals surface area contributed by atoms with E-state index in [1.807, 2.05) is 0 Å². The number of carbonyl (C=O) groups excluding carboxylic acids is 1. The van der Waals surface area contributed by atoms with Crippen LogP contribution in [0.5, 0.6) is 0 Å². The molecule has 4 nitrogen and oxygen atoms in total. The fraction of sp³-hybridized carbons (Fsp3) is 0.889. The van der Waals surface area contributed by atoms with Crippen LogP contribution in [-0.4, -0.2) is 25.3 Å². The first-order chi connectivity index (χ1) is 6.25. The van der Waals surface area contributed by atoms with E-state index in [2.05, 4.69) is 5.32 Å². The van der Waals surface area contributed by atoms with E-state index in [0.29, 0.717) is 5.92 Å². The highest BCUT2D eigenvalue weighted by molar-refractivity contribution is 5.64. The molecule has 0 aromatic heterocycles. The van der Waals surface area contributed by atoms with E-state index in [-0.39, 0.29) is 6.10 Å². The number of hydrogen-bond acceptors (Lipinski definition) is 3. The van der Waals surface area contributed by atoms with E-state index >= 15 is 0 Å². The van der Waals surface area contributed by atoms with Crippen LogP contribution < -0.4 is 11.1 Å². The highest BCUT2D eigenvalue weighted by Gasteiger charge is 2.34. The predicted octanol–water partition coefficient (Wildman–Crippen LogP) is 0.470. The van der Waals surface area contributed by atoms with Crippen molar-refractivity contribution in [1.82, 2.24) is 5.32 Å². The largest absolute Gasteiger partial charge is 0.446 e. The van der Waals surface area contributed by atoms with Gasteiger partial charge in [-0.3, -0.25) is 0 Å². The highest BCUT2D eigenvalue weighted by atomic mass is 16.6. The second kappa shape index (κ2) is 3.54. The molecular formula is C9H16N2O2. The van der Waals surface area contributed by atoms with Crippen molar-refractivity contribution in [1.29, 1.82) is 0 Å². The second-order valence-electron chi connectivity index (χ2n) is 4.05. The molecule has 0 aromatic carbocycles. The van der Waals surface area contributed by atoms with Gasteiger partial charge in [-0.15, -0.1) is 0 Å². The molecule has 1 heterocycles. The third-order valence-corrected chi connectivity index (χ3v) is 3.19. The summed E-state index contributed by atoms with van der Waals surface area (Å²) < 4.78 is 5.01. The van der Waals surface area contributed by atoms with Gasteiger partial charge in [0.1, 0.15) is 6.10 Å². The average Bonchev–Trinajstić information content (AvgIpc) is 2.49. The summed E-state index contributed by atoms with van der Waals surface area (Å²) in [6, 6.07) is 0. The van der Waals surface area contributed by atoms with Crippen LogP contribution in [0.25, 0.3) is 0 Å². The van der Waals surface area contributed by atoms with Crippen LogP contribution in [0.15, 0.2) is 0 Å². The van der Waals surface area contributed by atoms with Gasteiger partial charge in [0.05, 0.1) is 0 Å². The molecule has 2 aliphatic rings. The average molecular weight is 184 g/mol. The number of hydrogen-bond donors (Lipinski definition) is 2. The Bertz CT molecular complexity index is 208. The lowest BCUT2D eigenvalue weighted by Crippen LogP contribution is -2.32. The van der Waals surface area contributed by atoms with Crippen molar-refractivity contribution in [2.45, 2.75) is 25.4 Å². The number of primary amides is 1. The smallest absolute Gasteiger partial charge is 0.404 e. The molecule has 74 valence electrons. The van der Waals surface area contributed by atoms with Gasteiger partial charge in [-0.25, -0.2) is 4.79 Å². The zero-order valence-electron chi connectivity index (χ0n) is 7.66. The fourth-order valence-corrected chi connectivity index (χ4v) is 2.53. The first-order valence-electron chi connectivity index (χ1n) is 4.92. The second-order valence-corrected chi connectivity index (χ2v) is 4.05. The van der Waals surface area contributed by atoms with Gasteiger partial charge < -0.3 is 15.8 Å². The molecule has 3 unspecified atom stereocenters. The SMILES string of the molecule is NC(=O)OC1CCC2CNCC2C1. The summed E-state index contributed by atoms with van der Waals surface area (Å²) in [6.07, 6.45) is 2.57. The standard InChI is InChI=1S/C9H16N2O2/c10-9(12)13-8-2-1-6-4-11-5-7(6)3-8/h6-8,11H,1-5H2,(H2,10,12). The van der Waals surface area contributed by atoms with Gasteiger partial charge in [-0.1, -0.05) is 0 Å². The van der Waals surface area contributed by atoms with Crippen LogP contribution in [0, 0.1) is 11.8 Å². The Balaban J connectivity index is 1.86. The van der Waals surface area contributed by atoms with Crippen molar-refractivity contribution in [3.63, 3.8) is 0 Å². The predicted molar refractivity (Wildman–Crippen MR) is 48.2 cm³/mol. The Kier molecular flexibility index (Phi) is 2.40. The van der Waals surface area contributed by atoms with Crippen LogP contribution in [0.4, 0.5) is 4.79 Å². The molecule has 0 radical (unpaired) electrons. The summed E-state index contributed by atoms with van der Waals surface area (Å²) in [6.45, 7) is 2.21. The summed E-state index contributed by atoms with van der Waals surface area (Å²) >= 11 is 0. The molecule has 0 aromatic rings. The van der Waals surface area contributed by atoms with Crippen LogP contribution in [-0.2, 0) is 4.74 Å². The van der Waals surface area contributed by atoms with Crippen LogP contribution in [0.2, 0.25) is 0 Å². The number of rotatable bonds is 1. The van der Waals surface area contributed by atoms with Crippen molar-refractivity contribution in [2.75, 3.05) is 13.1 Å². The maximum Gasteiger partial charge on any atom is 0.404 e. The normalized spacial score (nSPS) is 38.3. The van der Waals surface area contributed by atoms with E-state index in [1.54, 1.807) is 0 Å². The third-order valence-electron chi connectivity index (χ3n) is 3.19. The number of ether oxygens (including phenoxy) is 1. The molecule has 1 aliphatic carbocycles. The van der Waals surface area contributed by atoms with Crippen molar-refractivity contribution in [3.05, 3.63) is 0 Å². The van der Waals surface area contributed by atoms with Gasteiger partial charge in [-0.2, -0.15) is 0 Å². The van der Waals surface area contributed by atoms with E-state index in [1.165, 1.54) is 0 Å². The molecule has 3 N–H and O–H groups in total. The maximum atomic E-state index is 10.5. The minimum Gasteiger partial charge on any atom is -0.446 e. The van der Waals surface area contributed by atoms with Crippen LogP contribution in [0.1, 0.15) is 19.3 Å². The van der Waals surface area contributed by atoms with Crippen molar-refractivity contribution < 1.29 is 9.53 Å². The summed E-state index contributed by atoms with van der Waals surface area (Å²) in [4.78, 5) is 10.5. The Labute approximate surface area is 77.8 Å². The number of nitrogens with two attached hydrogens (primary N) is 1. The lowest BCUT2D eigenvalue weighted by Gasteiger charge is -2.30. The van der Waals surface area contributed by atoms with Crippen LogP contribution in [0.3, 0.4) is 0 Å². The van der Waals surface area contributed by atoms with E-state index in [4.69, 9.17) is 10.5 Å². The topological polar surface area (TPSA) is 64.4 Å². The summed E-state index contributed by atoms with van der Waals surface area (Å²) in [7, 11) is 0. The maximum absolute atomic E-state index is 10.5. The molecule has 0 bridgehead atoms. The first-order valence-corrected chi connectivity index (χ1v) is 4.92. The van der Waals surface area contributed by atoms with Gasteiger partial charge in [0.25, 0.3) is 0 Å². The Morgan fingerprint density at radius 2 is 2.08 bits per heavy atom. The third kappa shape index (κ3) is 1.94. The Morgan fingerprint density at radius 1 is 1.31 bits per heavy atom. The molecule has 2 fully saturated rings. The molecule has 1 saturated carbocycles. The minimum atomic E-state index is -0.630. The lowest BCUT2D eigenvalue weighted by atomic mass is 9.80. The molecule has 3 atom stereocenters. The van der Waals surface area contributed by atoms with E-state index in [0.717, 1.165) is 38.3 Å². The molecular weight excluding hydrogens is 168 g/mol. The van der Waals surface area contributed by atoms with Gasteiger partial charge >= 0.3 is 6.09 Å². The van der Waals surface area contributed by atoms with E-state index < -0.39 is 6.09 Å². The van der Waals surface area contributed by atoms with Gasteiger partial charge in [0, 0.05) is 0 Å². The van der Waals surface area contributed by atoms with Crippen molar-refractivity contribution in [3.8, 4) is 0 Å². The first kappa shape index (κ1) is 8.81. The number of nitrogens with one attached hydrogen (secondary N) is 1. The molecule has 2 rings (SSSR count). The quantitative estimate of drug-likeness (QED) is 0.622. The van der Waals surface area contributed by atoms with Crippen molar-refractivity contribution >= 4 is 6.09 Å². The Hall–Kier alpha value is -0.770. The summed E-state index contributed by atoms with van der Waals surface area (Å²) in [5.41, 5.74) is 4.98. The van der Waals surface area contributed by atoms with Gasteiger partial charge in [-0.05, 0) is 44.2 Å². The number of amides is 1. The molecule has 1 aliphatic heterocycles. The van der Waals surface area contributed by atoms with Gasteiger partial charge in [0.15, 0.2) is 0 Å². The molecule has 13 heavy (non-hydrogen) atoms. The summed E-state index contributed by atoms with van der Waals surface area (Å²) in [5.74, 6) is 1.49. The monoisotopic (exact) mass is 184 g/mol. The molecule has 0 spiro atoms. The minimum absolute atomic E-state index is 0.0682.